The molecule has 0 fully saturated rings. The van der Waals surface area contributed by atoms with Gasteiger partial charge in [-0.25, -0.2) is 0 Å². The fraction of sp³-hybridized carbons (Fsp3) is 0.786. The van der Waals surface area contributed by atoms with Crippen molar-refractivity contribution >= 4 is 18.2 Å². The summed E-state index contributed by atoms with van der Waals surface area (Å²) in [4.78, 5) is 19.6. The zero-order valence-corrected chi connectivity index (χ0v) is 11.9. The molecule has 0 aliphatic heterocycles. The number of nitrogens with two attached hydrogens (primary N) is 1. The highest BCUT2D eigenvalue weighted by atomic mass is 16.1. The minimum Gasteiger partial charge on any atom is -0.324 e. The summed E-state index contributed by atoms with van der Waals surface area (Å²) in [6.45, 7) is 8.09. The first kappa shape index (κ1) is 17.0. The predicted octanol–water partition coefficient (Wildman–Crippen LogP) is 2.12. The molecule has 104 valence electrons. The monoisotopic (exact) mass is 253 g/mol. The highest BCUT2D eigenvalue weighted by Gasteiger charge is 1.98. The molecule has 0 spiro atoms. The summed E-state index contributed by atoms with van der Waals surface area (Å²) in [6.07, 6.45) is 6.28. The predicted molar refractivity (Wildman–Crippen MR) is 78.6 cm³/mol. The molecule has 0 aliphatic rings. The Morgan fingerprint density at radius 1 is 1.28 bits per heavy atom. The average Bonchev–Trinajstić information content (AvgIpc) is 2.33. The van der Waals surface area contributed by atoms with E-state index >= 15 is 0 Å². The van der Waals surface area contributed by atoms with Crippen LogP contribution in [0.2, 0.25) is 0 Å². The quantitative estimate of drug-likeness (QED) is 0.478. The van der Waals surface area contributed by atoms with Crippen LogP contribution in [0.4, 0.5) is 0 Å². The summed E-state index contributed by atoms with van der Waals surface area (Å²) in [5.41, 5.74) is 5.22. The van der Waals surface area contributed by atoms with Crippen LogP contribution in [0.3, 0.4) is 0 Å². The number of hydrogen-bond acceptors (Lipinski definition) is 4. The molecule has 1 atom stereocenters. The number of carbonyl (C=O) groups is 1. The van der Waals surface area contributed by atoms with Gasteiger partial charge in [-0.15, -0.1) is 0 Å². The summed E-state index contributed by atoms with van der Waals surface area (Å²) < 4.78 is 0. The van der Waals surface area contributed by atoms with Crippen molar-refractivity contribution in [3.05, 3.63) is 0 Å². The maximum Gasteiger partial charge on any atom is 0.146 e. The fourth-order valence-electron chi connectivity index (χ4n) is 1.30. The molecular formula is C14H27N3O. The van der Waals surface area contributed by atoms with Gasteiger partial charge in [-0.3, -0.25) is 14.8 Å². The smallest absolute Gasteiger partial charge is 0.146 e. The first-order chi connectivity index (χ1) is 8.56. The Morgan fingerprint density at radius 2 is 2.00 bits per heavy atom. The Hall–Kier alpha value is -1.03. The van der Waals surface area contributed by atoms with Gasteiger partial charge in [0.25, 0.3) is 0 Å². The highest BCUT2D eigenvalue weighted by Crippen LogP contribution is 1.97. The molecule has 18 heavy (non-hydrogen) atoms. The summed E-state index contributed by atoms with van der Waals surface area (Å²) in [7, 11) is 0. The Bertz CT molecular complexity index is 272. The number of nitrogens with zero attached hydrogens (tertiary/aromatic N) is 2. The molecule has 0 radical (unpaired) electrons. The van der Waals surface area contributed by atoms with Crippen LogP contribution in [0.15, 0.2) is 9.98 Å². The van der Waals surface area contributed by atoms with Crippen LogP contribution in [0.1, 0.15) is 40.0 Å². The highest BCUT2D eigenvalue weighted by molar-refractivity contribution is 5.80. The second kappa shape index (κ2) is 11.1. The lowest BCUT2D eigenvalue weighted by Crippen LogP contribution is -2.13. The third kappa shape index (κ3) is 11.5. The molecular weight excluding hydrogens is 226 g/mol. The standard InChI is InChI=1S/C14H27N3O/c1-12(2)6-8-17-11-13(3)10-16-7-4-5-14(18)9-15/h8,10,12-13H,4-7,9,11,15H2,1-3H3. The van der Waals surface area contributed by atoms with E-state index in [2.05, 4.69) is 30.8 Å². The molecule has 4 heteroatoms. The molecule has 0 aromatic carbocycles. The van der Waals surface area contributed by atoms with E-state index in [-0.39, 0.29) is 12.3 Å². The summed E-state index contributed by atoms with van der Waals surface area (Å²) in [6, 6.07) is 0. The molecule has 0 bridgehead atoms. The molecule has 2 N–H and O–H groups in total. The molecule has 0 saturated heterocycles. The molecule has 0 amide bonds. The SMILES string of the molecule is CC(C)CC=NCC(C)C=NCCCC(=O)CN. The molecule has 1 unspecified atom stereocenters. The maximum absolute atomic E-state index is 10.9. The van der Waals surface area contributed by atoms with Crippen molar-refractivity contribution < 1.29 is 4.79 Å². The van der Waals surface area contributed by atoms with Gasteiger partial charge in [-0.1, -0.05) is 20.8 Å². The number of rotatable bonds is 10. The van der Waals surface area contributed by atoms with E-state index < -0.39 is 0 Å². The zero-order valence-electron chi connectivity index (χ0n) is 11.9. The van der Waals surface area contributed by atoms with Crippen molar-refractivity contribution in [3.63, 3.8) is 0 Å². The largest absolute Gasteiger partial charge is 0.324 e. The molecule has 0 aliphatic carbocycles. The number of Topliss-reactive ketones (excluding diaryl/α,β-unsaturated/α-hetero) is 1. The van der Waals surface area contributed by atoms with Crippen molar-refractivity contribution in [2.45, 2.75) is 40.0 Å². The van der Waals surface area contributed by atoms with Crippen molar-refractivity contribution in [2.24, 2.45) is 27.6 Å². The number of aliphatic imine (C=N–C) groups is 2. The van der Waals surface area contributed by atoms with E-state index in [1.54, 1.807) is 0 Å². The van der Waals surface area contributed by atoms with Gasteiger partial charge in [0, 0.05) is 31.6 Å². The van der Waals surface area contributed by atoms with E-state index in [4.69, 9.17) is 5.73 Å². The first-order valence-corrected chi connectivity index (χ1v) is 6.76. The zero-order chi connectivity index (χ0) is 13.8. The van der Waals surface area contributed by atoms with E-state index in [0.717, 1.165) is 19.4 Å². The summed E-state index contributed by atoms with van der Waals surface area (Å²) in [5, 5.41) is 0. The van der Waals surface area contributed by atoms with Gasteiger partial charge in [-0.2, -0.15) is 0 Å². The lowest BCUT2D eigenvalue weighted by molar-refractivity contribution is -0.117. The second-order valence-corrected chi connectivity index (χ2v) is 5.06. The van der Waals surface area contributed by atoms with Crippen molar-refractivity contribution in [1.29, 1.82) is 0 Å². The van der Waals surface area contributed by atoms with Gasteiger partial charge < -0.3 is 5.73 Å². The average molecular weight is 253 g/mol. The van der Waals surface area contributed by atoms with E-state index in [9.17, 15) is 4.79 Å². The minimum absolute atomic E-state index is 0.108. The molecule has 0 aromatic heterocycles. The van der Waals surface area contributed by atoms with Gasteiger partial charge >= 0.3 is 0 Å². The molecule has 4 nitrogen and oxygen atoms in total. The summed E-state index contributed by atoms with van der Waals surface area (Å²) in [5.74, 6) is 1.13. The molecule has 0 rings (SSSR count). The normalized spacial score (nSPS) is 13.8. The topological polar surface area (TPSA) is 67.8 Å². The number of hydrogen-bond donors (Lipinski definition) is 1. The minimum atomic E-state index is 0.108. The van der Waals surface area contributed by atoms with Gasteiger partial charge in [0.05, 0.1) is 6.54 Å². The Labute approximate surface area is 111 Å². The molecule has 0 heterocycles. The van der Waals surface area contributed by atoms with Crippen LogP contribution < -0.4 is 5.73 Å². The van der Waals surface area contributed by atoms with E-state index in [1.807, 2.05) is 12.4 Å². The van der Waals surface area contributed by atoms with Crippen LogP contribution in [0.25, 0.3) is 0 Å². The Morgan fingerprint density at radius 3 is 2.61 bits per heavy atom. The maximum atomic E-state index is 10.9. The van der Waals surface area contributed by atoms with Gasteiger partial charge in [-0.05, 0) is 25.0 Å². The van der Waals surface area contributed by atoms with Crippen LogP contribution in [-0.4, -0.2) is 37.8 Å². The molecule has 0 aromatic rings. The third-order valence-electron chi connectivity index (χ3n) is 2.43. The van der Waals surface area contributed by atoms with Gasteiger partial charge in [0.2, 0.25) is 0 Å². The van der Waals surface area contributed by atoms with Gasteiger partial charge in [0.1, 0.15) is 5.78 Å². The van der Waals surface area contributed by atoms with Crippen molar-refractivity contribution in [1.82, 2.24) is 0 Å². The van der Waals surface area contributed by atoms with Crippen LogP contribution >= 0.6 is 0 Å². The Balaban J connectivity index is 3.58. The lowest BCUT2D eigenvalue weighted by Gasteiger charge is -2.01. The van der Waals surface area contributed by atoms with Gasteiger partial charge in [0.15, 0.2) is 0 Å². The summed E-state index contributed by atoms with van der Waals surface area (Å²) >= 11 is 0. The fourth-order valence-corrected chi connectivity index (χ4v) is 1.30. The Kier molecular flexibility index (Phi) is 10.4. The van der Waals surface area contributed by atoms with Crippen LogP contribution in [0, 0.1) is 11.8 Å². The van der Waals surface area contributed by atoms with Crippen LogP contribution in [-0.2, 0) is 4.79 Å². The van der Waals surface area contributed by atoms with E-state index in [0.29, 0.717) is 24.8 Å². The third-order valence-corrected chi connectivity index (χ3v) is 2.43. The van der Waals surface area contributed by atoms with Crippen molar-refractivity contribution in [3.8, 4) is 0 Å². The lowest BCUT2D eigenvalue weighted by atomic mass is 10.1. The first-order valence-electron chi connectivity index (χ1n) is 6.76. The number of carbonyl (C=O) groups excluding carboxylic acids is 1. The second-order valence-electron chi connectivity index (χ2n) is 5.06. The number of ketones is 1. The van der Waals surface area contributed by atoms with Crippen LogP contribution in [0.5, 0.6) is 0 Å². The van der Waals surface area contributed by atoms with E-state index in [1.165, 1.54) is 0 Å². The van der Waals surface area contributed by atoms with Crippen molar-refractivity contribution in [2.75, 3.05) is 19.6 Å². The molecule has 0 saturated carbocycles.